The molecular weight excluding hydrogens is 210 g/mol. The average Bonchev–Trinajstić information content (AvgIpc) is 2.24. The highest BCUT2D eigenvalue weighted by atomic mass is 16.4. The van der Waals surface area contributed by atoms with Gasteiger partial charge in [-0.15, -0.1) is 0 Å². The van der Waals surface area contributed by atoms with Crippen molar-refractivity contribution in [2.45, 2.75) is 13.0 Å². The highest BCUT2D eigenvalue weighted by molar-refractivity contribution is 5.85. The van der Waals surface area contributed by atoms with Crippen molar-refractivity contribution in [2.24, 2.45) is 5.73 Å². The van der Waals surface area contributed by atoms with Crippen molar-refractivity contribution in [3.63, 3.8) is 0 Å². The van der Waals surface area contributed by atoms with Crippen LogP contribution in [0.15, 0.2) is 18.2 Å². The molecule has 4 N–H and O–H groups in total. The van der Waals surface area contributed by atoms with E-state index in [0.29, 0.717) is 18.8 Å². The fraction of sp³-hybridized carbons (Fsp3) is 0.300. The van der Waals surface area contributed by atoms with Gasteiger partial charge in [-0.05, 0) is 12.1 Å². The molecule has 0 aliphatic carbocycles. The third kappa shape index (κ3) is 4.05. The van der Waals surface area contributed by atoms with E-state index in [4.69, 9.17) is 10.8 Å². The summed E-state index contributed by atoms with van der Waals surface area (Å²) in [7, 11) is 0. The number of carboxylic acids is 1. The molecule has 0 aliphatic heterocycles. The van der Waals surface area contributed by atoms with Crippen LogP contribution in [0.1, 0.15) is 22.6 Å². The fourth-order valence-corrected chi connectivity index (χ4v) is 1.13. The Hall–Kier alpha value is -1.95. The molecule has 0 bridgehead atoms. The number of amides is 1. The van der Waals surface area contributed by atoms with Crippen molar-refractivity contribution in [1.29, 1.82) is 0 Å². The standard InChI is InChI=1S/C10H13N3O3/c11-9(14)4-5-12-6-7-2-1-3-8(13-7)10(15)16/h1-3,12H,4-6H2,(H2,11,14)(H,15,16). The van der Waals surface area contributed by atoms with Crippen molar-refractivity contribution in [2.75, 3.05) is 6.54 Å². The van der Waals surface area contributed by atoms with Gasteiger partial charge in [0.1, 0.15) is 5.69 Å². The zero-order valence-electron chi connectivity index (χ0n) is 8.64. The van der Waals surface area contributed by atoms with Crippen molar-refractivity contribution >= 4 is 11.9 Å². The smallest absolute Gasteiger partial charge is 0.354 e. The number of hydrogen-bond donors (Lipinski definition) is 3. The Morgan fingerprint density at radius 1 is 1.44 bits per heavy atom. The van der Waals surface area contributed by atoms with Crippen LogP contribution in [0.5, 0.6) is 0 Å². The highest BCUT2D eigenvalue weighted by Gasteiger charge is 2.04. The van der Waals surface area contributed by atoms with Crippen LogP contribution in [0.2, 0.25) is 0 Å². The van der Waals surface area contributed by atoms with Crippen molar-refractivity contribution < 1.29 is 14.7 Å². The largest absolute Gasteiger partial charge is 0.477 e. The number of pyridine rings is 1. The number of nitrogens with zero attached hydrogens (tertiary/aromatic N) is 1. The molecule has 86 valence electrons. The predicted molar refractivity (Wildman–Crippen MR) is 56.7 cm³/mol. The van der Waals surface area contributed by atoms with Crippen LogP contribution in [-0.2, 0) is 11.3 Å². The number of carbonyl (C=O) groups is 2. The first-order valence-corrected chi connectivity index (χ1v) is 4.78. The van der Waals surface area contributed by atoms with Gasteiger partial charge >= 0.3 is 5.97 Å². The lowest BCUT2D eigenvalue weighted by molar-refractivity contribution is -0.117. The lowest BCUT2D eigenvalue weighted by Crippen LogP contribution is -2.22. The second kappa shape index (κ2) is 5.82. The molecule has 1 heterocycles. The van der Waals surface area contributed by atoms with Gasteiger partial charge in [0.25, 0.3) is 0 Å². The number of carboxylic acid groups (broad SMARTS) is 1. The summed E-state index contributed by atoms with van der Waals surface area (Å²) in [5, 5.41) is 11.7. The first kappa shape index (κ1) is 12.1. The van der Waals surface area contributed by atoms with Crippen LogP contribution in [-0.4, -0.2) is 28.5 Å². The quantitative estimate of drug-likeness (QED) is 0.576. The van der Waals surface area contributed by atoms with Crippen molar-refractivity contribution in [3.05, 3.63) is 29.6 Å². The second-order valence-electron chi connectivity index (χ2n) is 3.21. The van der Waals surface area contributed by atoms with Crippen LogP contribution in [0.25, 0.3) is 0 Å². The first-order chi connectivity index (χ1) is 7.59. The summed E-state index contributed by atoms with van der Waals surface area (Å²) in [6.07, 6.45) is 0.249. The van der Waals surface area contributed by atoms with Crippen LogP contribution >= 0.6 is 0 Å². The molecule has 0 fully saturated rings. The highest BCUT2D eigenvalue weighted by Crippen LogP contribution is 1.99. The van der Waals surface area contributed by atoms with Crippen LogP contribution in [0, 0.1) is 0 Å². The molecular formula is C10H13N3O3. The molecule has 6 heteroatoms. The summed E-state index contributed by atoms with van der Waals surface area (Å²) in [6, 6.07) is 4.76. The minimum absolute atomic E-state index is 0.00852. The number of aromatic nitrogens is 1. The zero-order valence-corrected chi connectivity index (χ0v) is 8.64. The summed E-state index contributed by atoms with van der Waals surface area (Å²) in [6.45, 7) is 0.864. The third-order valence-electron chi connectivity index (χ3n) is 1.88. The summed E-state index contributed by atoms with van der Waals surface area (Å²) >= 11 is 0. The molecule has 1 rings (SSSR count). The first-order valence-electron chi connectivity index (χ1n) is 4.78. The van der Waals surface area contributed by atoms with Gasteiger partial charge in [-0.25, -0.2) is 9.78 Å². The van der Waals surface area contributed by atoms with E-state index in [1.54, 1.807) is 12.1 Å². The summed E-state index contributed by atoms with van der Waals surface area (Å²) in [5.41, 5.74) is 5.59. The molecule has 0 spiro atoms. The summed E-state index contributed by atoms with van der Waals surface area (Å²) in [5.74, 6) is -1.43. The van der Waals surface area contributed by atoms with Gasteiger partial charge in [0.2, 0.25) is 5.91 Å². The van der Waals surface area contributed by atoms with E-state index >= 15 is 0 Å². The molecule has 0 aliphatic rings. The van der Waals surface area contributed by atoms with E-state index in [-0.39, 0.29) is 18.0 Å². The van der Waals surface area contributed by atoms with Gasteiger partial charge in [0.15, 0.2) is 0 Å². The lowest BCUT2D eigenvalue weighted by Gasteiger charge is -2.03. The monoisotopic (exact) mass is 223 g/mol. The SMILES string of the molecule is NC(=O)CCNCc1cccc(C(=O)O)n1. The Morgan fingerprint density at radius 2 is 2.19 bits per heavy atom. The maximum atomic E-state index is 10.6. The molecule has 16 heavy (non-hydrogen) atoms. The van der Waals surface area contributed by atoms with Crippen LogP contribution < -0.4 is 11.1 Å². The molecule has 0 atom stereocenters. The molecule has 0 radical (unpaired) electrons. The van der Waals surface area contributed by atoms with E-state index in [1.807, 2.05) is 0 Å². The molecule has 0 unspecified atom stereocenters. The Morgan fingerprint density at radius 3 is 2.81 bits per heavy atom. The Balaban J connectivity index is 2.45. The Labute approximate surface area is 92.5 Å². The van der Waals surface area contributed by atoms with Gasteiger partial charge in [-0.1, -0.05) is 6.07 Å². The maximum absolute atomic E-state index is 10.6. The minimum Gasteiger partial charge on any atom is -0.477 e. The summed E-state index contributed by atoms with van der Waals surface area (Å²) in [4.78, 5) is 25.0. The molecule has 0 saturated carbocycles. The normalized spacial score (nSPS) is 10.0. The molecule has 0 aromatic carbocycles. The Kier molecular flexibility index (Phi) is 4.41. The van der Waals surface area contributed by atoms with Gasteiger partial charge in [0.05, 0.1) is 5.69 Å². The number of hydrogen-bond acceptors (Lipinski definition) is 4. The molecule has 1 aromatic rings. The topological polar surface area (TPSA) is 105 Å². The number of aromatic carboxylic acids is 1. The number of rotatable bonds is 6. The number of carbonyl (C=O) groups excluding carboxylic acids is 1. The van der Waals surface area contributed by atoms with Gasteiger partial charge in [-0.2, -0.15) is 0 Å². The van der Waals surface area contributed by atoms with Gasteiger partial charge < -0.3 is 16.2 Å². The van der Waals surface area contributed by atoms with E-state index in [1.165, 1.54) is 6.07 Å². The predicted octanol–water partition coefficient (Wildman–Crippen LogP) is -0.255. The fourth-order valence-electron chi connectivity index (χ4n) is 1.13. The van der Waals surface area contributed by atoms with Crippen molar-refractivity contribution in [1.82, 2.24) is 10.3 Å². The molecule has 6 nitrogen and oxygen atoms in total. The van der Waals surface area contributed by atoms with E-state index in [0.717, 1.165) is 0 Å². The number of nitrogens with two attached hydrogens (primary N) is 1. The molecule has 1 aromatic heterocycles. The molecule has 0 saturated heterocycles. The summed E-state index contributed by atoms with van der Waals surface area (Å²) < 4.78 is 0. The maximum Gasteiger partial charge on any atom is 0.354 e. The van der Waals surface area contributed by atoms with Gasteiger partial charge in [-0.3, -0.25) is 4.79 Å². The van der Waals surface area contributed by atoms with E-state index < -0.39 is 5.97 Å². The Bertz CT molecular complexity index is 393. The van der Waals surface area contributed by atoms with Crippen LogP contribution in [0.4, 0.5) is 0 Å². The lowest BCUT2D eigenvalue weighted by atomic mass is 10.3. The second-order valence-corrected chi connectivity index (χ2v) is 3.21. The van der Waals surface area contributed by atoms with Gasteiger partial charge in [0, 0.05) is 19.5 Å². The van der Waals surface area contributed by atoms with Crippen LogP contribution in [0.3, 0.4) is 0 Å². The minimum atomic E-state index is -1.06. The zero-order chi connectivity index (χ0) is 12.0. The van der Waals surface area contributed by atoms with Crippen molar-refractivity contribution in [3.8, 4) is 0 Å². The van der Waals surface area contributed by atoms with E-state index in [9.17, 15) is 9.59 Å². The van der Waals surface area contributed by atoms with E-state index in [2.05, 4.69) is 10.3 Å². The number of primary amides is 1. The molecule has 1 amide bonds. The third-order valence-corrected chi connectivity index (χ3v) is 1.88. The number of nitrogens with one attached hydrogen (secondary N) is 1. The average molecular weight is 223 g/mol.